The van der Waals surface area contributed by atoms with E-state index >= 15 is 0 Å². The molecule has 1 aliphatic rings. The number of ether oxygens (including phenoxy) is 1. The lowest BCUT2D eigenvalue weighted by Crippen LogP contribution is -2.19. The van der Waals surface area contributed by atoms with E-state index in [1.807, 2.05) is 12.1 Å². The van der Waals surface area contributed by atoms with Crippen molar-refractivity contribution in [3.05, 3.63) is 134 Å². The number of thiophene rings is 1. The Morgan fingerprint density at radius 2 is 0.988 bits per heavy atom. The molecule has 81 heavy (non-hydrogen) atoms. The Hall–Kier alpha value is -11.2. The predicted octanol–water partition coefficient (Wildman–Crippen LogP) is 3.89. The first-order valence-corrected chi connectivity index (χ1v) is 25.5. The third kappa shape index (κ3) is 13.7. The lowest BCUT2D eigenvalue weighted by molar-refractivity contribution is 0.120. The summed E-state index contributed by atoms with van der Waals surface area (Å²) in [5, 5.41) is 34.7. The molecule has 0 bridgehead atoms. The highest BCUT2D eigenvalue weighted by atomic mass is 32.1. The van der Waals surface area contributed by atoms with Gasteiger partial charge in [0.25, 0.3) is 0 Å². The minimum absolute atomic E-state index is 0.299. The zero-order valence-corrected chi connectivity index (χ0v) is 43.2. The third-order valence-corrected chi connectivity index (χ3v) is 12.4. The molecular formula is C46H47N33OS. The lowest BCUT2D eigenvalue weighted by Gasteiger charge is -2.11. The number of H-pyrrole nitrogens is 7. The summed E-state index contributed by atoms with van der Waals surface area (Å²) in [6.07, 6.45) is 24.3. The summed E-state index contributed by atoms with van der Waals surface area (Å²) in [4.78, 5) is 89.5. The number of anilines is 5. The molecule has 0 saturated carbocycles. The molecule has 1 aliphatic heterocycles. The van der Waals surface area contributed by atoms with Crippen molar-refractivity contribution in [2.75, 3.05) is 39.7 Å². The highest BCUT2D eigenvalue weighted by Gasteiger charge is 2.16. The maximum atomic E-state index is 5.54. The smallest absolute Gasteiger partial charge is 0.182 e. The Morgan fingerprint density at radius 1 is 0.481 bits per heavy atom. The molecule has 15 heterocycles. The van der Waals surface area contributed by atoms with Gasteiger partial charge in [-0.3, -0.25) is 5.10 Å². The molecule has 0 radical (unpaired) electrons. The second kappa shape index (κ2) is 26.2. The van der Waals surface area contributed by atoms with Crippen molar-refractivity contribution in [3.8, 4) is 0 Å². The fourth-order valence-electron chi connectivity index (χ4n) is 7.66. The fraction of sp³-hybridized carbons (Fsp3) is 0.196. The summed E-state index contributed by atoms with van der Waals surface area (Å²) >= 11 is 1.72. The van der Waals surface area contributed by atoms with Gasteiger partial charge in [-0.15, -0.1) is 11.3 Å². The van der Waals surface area contributed by atoms with Gasteiger partial charge < -0.3 is 56.2 Å². The zero-order valence-electron chi connectivity index (χ0n) is 42.3. The Balaban J connectivity index is 0.000000107. The van der Waals surface area contributed by atoms with E-state index in [9.17, 15) is 0 Å². The highest BCUT2D eigenvalue weighted by Crippen LogP contribution is 2.20. The Morgan fingerprint density at radius 3 is 1.42 bits per heavy atom. The van der Waals surface area contributed by atoms with Gasteiger partial charge in [0.1, 0.15) is 83.4 Å². The van der Waals surface area contributed by atoms with Gasteiger partial charge in [-0.25, -0.2) is 89.7 Å². The number of aromatic amines is 7. The molecule has 1 unspecified atom stereocenters. The van der Waals surface area contributed by atoms with Crippen LogP contribution >= 0.6 is 11.3 Å². The van der Waals surface area contributed by atoms with Gasteiger partial charge in [0.15, 0.2) is 57.3 Å². The molecule has 0 aromatic carbocycles. The molecule has 1 fully saturated rings. The van der Waals surface area contributed by atoms with Crippen molar-refractivity contribution in [2.45, 2.75) is 45.1 Å². The maximum absolute atomic E-state index is 5.54. The van der Waals surface area contributed by atoms with E-state index in [0.717, 1.165) is 89.0 Å². The lowest BCUT2D eigenvalue weighted by atomic mass is 10.2. The summed E-state index contributed by atoms with van der Waals surface area (Å²) in [6.45, 7) is 4.06. The van der Waals surface area contributed by atoms with Gasteiger partial charge in [0, 0.05) is 24.2 Å². The van der Waals surface area contributed by atoms with Crippen LogP contribution in [0.1, 0.15) is 34.9 Å². The number of imidazole rings is 5. The molecule has 14 aromatic rings. The molecule has 0 amide bonds. The SMILES string of the molecule is c1cc(CNc2ncnc3nc[nH]c23)ncn1.c1csc(CNc2ncnc3nc[nH]c23)c1.c1n[nH]c(CNc2ncnc3nc[nH]c23)n1.c1nc(NCC2CCCO2)c2[nH]cnc2n1.c1nc(NCc2cn[nH]n2)c2[nH]cnc2n1. The van der Waals surface area contributed by atoms with Gasteiger partial charge in [-0.05, 0) is 30.4 Å². The Labute approximate surface area is 458 Å². The maximum Gasteiger partial charge on any atom is 0.182 e. The van der Waals surface area contributed by atoms with Crippen LogP contribution in [0.3, 0.4) is 0 Å². The van der Waals surface area contributed by atoms with Crippen molar-refractivity contribution < 1.29 is 4.74 Å². The second-order valence-corrected chi connectivity index (χ2v) is 17.8. The van der Waals surface area contributed by atoms with E-state index in [-0.39, 0.29) is 0 Å². The second-order valence-electron chi connectivity index (χ2n) is 16.7. The van der Waals surface area contributed by atoms with Crippen molar-refractivity contribution in [1.82, 2.24) is 140 Å². The van der Waals surface area contributed by atoms with Crippen LogP contribution in [-0.2, 0) is 30.9 Å². The number of rotatable bonds is 15. The summed E-state index contributed by atoms with van der Waals surface area (Å²) in [7, 11) is 0. The van der Waals surface area contributed by atoms with Crippen molar-refractivity contribution in [3.63, 3.8) is 0 Å². The summed E-state index contributed by atoms with van der Waals surface area (Å²) in [5.74, 6) is 4.43. The molecule has 12 N–H and O–H groups in total. The molecule has 0 spiro atoms. The van der Waals surface area contributed by atoms with Crippen molar-refractivity contribution in [1.29, 1.82) is 0 Å². The van der Waals surface area contributed by atoms with E-state index in [4.69, 9.17) is 4.74 Å². The number of hydrogen-bond donors (Lipinski definition) is 12. The van der Waals surface area contributed by atoms with E-state index in [2.05, 4.69) is 178 Å². The average molecular weight is 1110 g/mol. The van der Waals surface area contributed by atoms with Crippen LogP contribution in [0.4, 0.5) is 29.1 Å². The number of fused-ring (bicyclic) bond motifs is 5. The third-order valence-electron chi connectivity index (χ3n) is 11.5. The van der Waals surface area contributed by atoms with E-state index in [0.29, 0.717) is 71.4 Å². The Kier molecular flexibility index (Phi) is 16.8. The average Bonchev–Trinajstić information content (AvgIpc) is 4.38. The summed E-state index contributed by atoms with van der Waals surface area (Å²) < 4.78 is 5.54. The highest BCUT2D eigenvalue weighted by molar-refractivity contribution is 7.09. The minimum Gasteiger partial charge on any atom is -0.376 e. The molecule has 408 valence electrons. The van der Waals surface area contributed by atoms with Crippen LogP contribution < -0.4 is 26.6 Å². The molecule has 0 aliphatic carbocycles. The molecule has 34 nitrogen and oxygen atoms in total. The van der Waals surface area contributed by atoms with Crippen LogP contribution in [0.2, 0.25) is 0 Å². The van der Waals surface area contributed by atoms with Crippen LogP contribution in [0, 0.1) is 0 Å². The first-order chi connectivity index (χ1) is 40.2. The van der Waals surface area contributed by atoms with Crippen LogP contribution in [-0.4, -0.2) is 159 Å². The largest absolute Gasteiger partial charge is 0.376 e. The molecule has 35 heteroatoms. The topological polar surface area (TPSA) is 451 Å². The zero-order chi connectivity index (χ0) is 54.7. The number of hydrogen-bond acceptors (Lipinski definition) is 28. The van der Waals surface area contributed by atoms with E-state index < -0.39 is 0 Å². The normalized spacial score (nSPS) is 12.6. The van der Waals surface area contributed by atoms with Gasteiger partial charge in [0.05, 0.1) is 75.8 Å². The van der Waals surface area contributed by atoms with Crippen molar-refractivity contribution in [2.24, 2.45) is 0 Å². The standard InChI is InChI=1S/C10H9N7.C10H13N5O.C10H9N5S.2C8H8N8/c1-2-11-4-13-7(1)3-12-9-8-10(15-5-14-8)17-6-16-9;2*1-2-7(16-3-1)4-11-9-8-10(13-5-12-8)15-6-14-9;1(5-10-4-15-16-5)9-7-6-8(12-2-11-6)14-3-13-7;1(5-2-14-16-15-5)9-7-6-8(11-3-10-6)13-4-12-7/h1-2,4-6H,3H2,(H2,12,14,15,16,17);5-7H,1-4H2,(H2,11,12,13,14,15);1-3,5-6H,4H2,(H2,11,12,13,14,15);2-4H,1H2,(H,10,15,16)(H2,9,11,12,13,14);2-4H,1H2,(H,14,15,16)(H2,9,10,11,12,13). The van der Waals surface area contributed by atoms with Gasteiger partial charge in [-0.1, -0.05) is 6.07 Å². The number of nitrogens with zero attached hydrogens (tertiary/aromatic N) is 21. The molecule has 1 atom stereocenters. The summed E-state index contributed by atoms with van der Waals surface area (Å²) in [5.41, 5.74) is 9.04. The van der Waals surface area contributed by atoms with Gasteiger partial charge in [-0.2, -0.15) is 20.5 Å². The molecule has 14 aromatic heterocycles. The molecule has 1 saturated heterocycles. The minimum atomic E-state index is 0.299. The predicted molar refractivity (Wildman–Crippen MR) is 294 cm³/mol. The van der Waals surface area contributed by atoms with Crippen LogP contribution in [0.15, 0.2) is 112 Å². The number of aromatic nitrogens is 28. The van der Waals surface area contributed by atoms with Crippen LogP contribution in [0.5, 0.6) is 0 Å². The summed E-state index contributed by atoms with van der Waals surface area (Å²) in [6, 6.07) is 5.97. The van der Waals surface area contributed by atoms with Crippen LogP contribution in [0.25, 0.3) is 55.8 Å². The van der Waals surface area contributed by atoms with E-state index in [1.165, 1.54) is 49.2 Å². The van der Waals surface area contributed by atoms with Crippen molar-refractivity contribution >= 4 is 96.2 Å². The first kappa shape index (κ1) is 51.9. The monoisotopic (exact) mass is 1110 g/mol. The Bertz CT molecular complexity index is 3820. The fourth-order valence-corrected chi connectivity index (χ4v) is 8.30. The van der Waals surface area contributed by atoms with Gasteiger partial charge >= 0.3 is 0 Å². The number of nitrogens with one attached hydrogen (secondary N) is 12. The molecule has 15 rings (SSSR count). The quantitative estimate of drug-likeness (QED) is 0.0692. The first-order valence-electron chi connectivity index (χ1n) is 24.6. The van der Waals surface area contributed by atoms with E-state index in [1.54, 1.807) is 55.4 Å². The van der Waals surface area contributed by atoms with Gasteiger partial charge in [0.2, 0.25) is 0 Å². The molecular weight excluding hydrogens is 1060 g/mol.